The summed E-state index contributed by atoms with van der Waals surface area (Å²) in [6.45, 7) is 1.84. The fourth-order valence-corrected chi connectivity index (χ4v) is 1.87. The van der Waals surface area contributed by atoms with Crippen LogP contribution in [0.25, 0.3) is 0 Å². The Bertz CT molecular complexity index is 588. The number of aldehydes is 1. The first-order valence-electron chi connectivity index (χ1n) is 5.65. The average molecular weight is 242 g/mol. The largest absolute Gasteiger partial charge is 0.508 e. The lowest BCUT2D eigenvalue weighted by molar-refractivity contribution is 0.112. The van der Waals surface area contributed by atoms with E-state index >= 15 is 0 Å². The van der Waals surface area contributed by atoms with E-state index in [9.17, 15) is 15.0 Å². The molecule has 0 heterocycles. The maximum Gasteiger partial charge on any atom is 0.153 e. The molecule has 3 nitrogen and oxygen atoms in total. The van der Waals surface area contributed by atoms with Crippen LogP contribution >= 0.6 is 0 Å². The highest BCUT2D eigenvalue weighted by molar-refractivity contribution is 5.79. The zero-order valence-corrected chi connectivity index (χ0v) is 10.1. The third-order valence-electron chi connectivity index (χ3n) is 2.89. The van der Waals surface area contributed by atoms with E-state index in [0.717, 1.165) is 16.7 Å². The molecule has 0 aliphatic rings. The number of aromatic hydroxyl groups is 2. The van der Waals surface area contributed by atoms with Crippen molar-refractivity contribution in [3.63, 3.8) is 0 Å². The Labute approximate surface area is 105 Å². The van der Waals surface area contributed by atoms with Crippen LogP contribution in [0, 0.1) is 6.92 Å². The van der Waals surface area contributed by atoms with E-state index < -0.39 is 0 Å². The Morgan fingerprint density at radius 2 is 1.61 bits per heavy atom. The lowest BCUT2D eigenvalue weighted by atomic mass is 10.0. The summed E-state index contributed by atoms with van der Waals surface area (Å²) in [5.74, 6) is 0.272. The number of hydrogen-bond acceptors (Lipinski definition) is 3. The van der Waals surface area contributed by atoms with Crippen LogP contribution in [0.2, 0.25) is 0 Å². The number of carbonyl (C=O) groups is 1. The molecule has 0 bridgehead atoms. The smallest absolute Gasteiger partial charge is 0.153 e. The second-order valence-corrected chi connectivity index (χ2v) is 4.31. The van der Waals surface area contributed by atoms with Crippen LogP contribution in [0.4, 0.5) is 0 Å². The number of carbonyl (C=O) groups excluding carboxylic acids is 1. The first kappa shape index (κ1) is 12.2. The van der Waals surface area contributed by atoms with Gasteiger partial charge in [-0.25, -0.2) is 0 Å². The molecule has 92 valence electrons. The highest BCUT2D eigenvalue weighted by atomic mass is 16.3. The summed E-state index contributed by atoms with van der Waals surface area (Å²) in [5, 5.41) is 18.9. The summed E-state index contributed by atoms with van der Waals surface area (Å²) in [6.07, 6.45) is 1.29. The van der Waals surface area contributed by atoms with Gasteiger partial charge in [-0.15, -0.1) is 0 Å². The SMILES string of the molecule is Cc1cc(Cc2ccc(O)c(C=O)c2)ccc1O. The van der Waals surface area contributed by atoms with Crippen LogP contribution in [0.3, 0.4) is 0 Å². The van der Waals surface area contributed by atoms with E-state index in [1.54, 1.807) is 18.2 Å². The Hall–Kier alpha value is -2.29. The molecule has 0 radical (unpaired) electrons. The van der Waals surface area contributed by atoms with Crippen molar-refractivity contribution in [2.75, 3.05) is 0 Å². The first-order valence-corrected chi connectivity index (χ1v) is 5.65. The fourth-order valence-electron chi connectivity index (χ4n) is 1.87. The van der Waals surface area contributed by atoms with Gasteiger partial charge in [-0.05, 0) is 48.2 Å². The number of benzene rings is 2. The minimum Gasteiger partial charge on any atom is -0.508 e. The fraction of sp³-hybridized carbons (Fsp3) is 0.133. The van der Waals surface area contributed by atoms with Crippen LogP contribution in [0.15, 0.2) is 36.4 Å². The number of phenolic OH excluding ortho intramolecular Hbond substituents is 2. The van der Waals surface area contributed by atoms with Crippen molar-refractivity contribution in [2.45, 2.75) is 13.3 Å². The van der Waals surface area contributed by atoms with E-state index in [-0.39, 0.29) is 11.5 Å². The molecule has 0 aliphatic heterocycles. The van der Waals surface area contributed by atoms with Gasteiger partial charge in [-0.1, -0.05) is 18.2 Å². The van der Waals surface area contributed by atoms with Gasteiger partial charge in [-0.2, -0.15) is 0 Å². The first-order chi connectivity index (χ1) is 8.60. The van der Waals surface area contributed by atoms with E-state index in [4.69, 9.17) is 0 Å². The average Bonchev–Trinajstić information content (AvgIpc) is 2.36. The van der Waals surface area contributed by atoms with Gasteiger partial charge < -0.3 is 10.2 Å². The standard InChI is InChI=1S/C15H14O3/c1-10-6-11(2-4-14(10)17)7-12-3-5-15(18)13(8-12)9-16/h2-6,8-9,17-18H,7H2,1H3. The van der Waals surface area contributed by atoms with Crippen molar-refractivity contribution >= 4 is 6.29 Å². The zero-order chi connectivity index (χ0) is 13.1. The molecule has 2 rings (SSSR count). The summed E-state index contributed by atoms with van der Waals surface area (Å²) >= 11 is 0. The van der Waals surface area contributed by atoms with E-state index in [0.29, 0.717) is 18.3 Å². The van der Waals surface area contributed by atoms with Crippen LogP contribution in [-0.4, -0.2) is 16.5 Å². The van der Waals surface area contributed by atoms with Crippen molar-refractivity contribution in [3.8, 4) is 11.5 Å². The van der Waals surface area contributed by atoms with E-state index in [1.165, 1.54) is 6.07 Å². The molecule has 0 saturated carbocycles. The van der Waals surface area contributed by atoms with Crippen LogP contribution in [0.1, 0.15) is 27.0 Å². The molecule has 2 N–H and O–H groups in total. The van der Waals surface area contributed by atoms with E-state index in [1.807, 2.05) is 19.1 Å². The van der Waals surface area contributed by atoms with Gasteiger partial charge in [0, 0.05) is 0 Å². The second kappa shape index (κ2) is 4.92. The summed E-state index contributed by atoms with van der Waals surface area (Å²) in [4.78, 5) is 10.7. The van der Waals surface area contributed by atoms with Gasteiger partial charge in [0.15, 0.2) is 6.29 Å². The molecule has 0 fully saturated rings. The Morgan fingerprint density at radius 1 is 1.00 bits per heavy atom. The maximum atomic E-state index is 10.7. The van der Waals surface area contributed by atoms with Gasteiger partial charge in [0.1, 0.15) is 11.5 Å². The van der Waals surface area contributed by atoms with Crippen LogP contribution < -0.4 is 0 Å². The molecule has 0 aromatic heterocycles. The quantitative estimate of drug-likeness (QED) is 0.814. The summed E-state index contributed by atoms with van der Waals surface area (Å²) in [6, 6.07) is 10.4. The van der Waals surface area contributed by atoms with Crippen molar-refractivity contribution in [1.82, 2.24) is 0 Å². The number of rotatable bonds is 3. The minimum absolute atomic E-state index is 0.00404. The monoisotopic (exact) mass is 242 g/mol. The molecule has 0 saturated heterocycles. The molecular formula is C15H14O3. The summed E-state index contributed by atoms with van der Waals surface area (Å²) < 4.78 is 0. The molecule has 3 heteroatoms. The molecule has 0 atom stereocenters. The second-order valence-electron chi connectivity index (χ2n) is 4.31. The summed E-state index contributed by atoms with van der Waals surface area (Å²) in [5.41, 5.74) is 3.11. The lowest BCUT2D eigenvalue weighted by Gasteiger charge is -2.06. The highest BCUT2D eigenvalue weighted by Gasteiger charge is 2.04. The Balaban J connectivity index is 2.28. The number of aryl methyl sites for hydroxylation is 1. The third kappa shape index (κ3) is 2.51. The lowest BCUT2D eigenvalue weighted by Crippen LogP contribution is -1.91. The highest BCUT2D eigenvalue weighted by Crippen LogP contribution is 2.21. The number of hydrogen-bond donors (Lipinski definition) is 2. The van der Waals surface area contributed by atoms with Gasteiger partial charge in [-0.3, -0.25) is 4.79 Å². The molecule has 2 aromatic rings. The molecule has 0 unspecified atom stereocenters. The Morgan fingerprint density at radius 3 is 2.22 bits per heavy atom. The molecule has 2 aromatic carbocycles. The van der Waals surface area contributed by atoms with Crippen LogP contribution in [-0.2, 0) is 6.42 Å². The molecule has 18 heavy (non-hydrogen) atoms. The van der Waals surface area contributed by atoms with Gasteiger partial charge >= 0.3 is 0 Å². The Kier molecular flexibility index (Phi) is 3.33. The van der Waals surface area contributed by atoms with Crippen molar-refractivity contribution in [3.05, 3.63) is 58.7 Å². The van der Waals surface area contributed by atoms with Crippen molar-refractivity contribution < 1.29 is 15.0 Å². The molecular weight excluding hydrogens is 228 g/mol. The predicted molar refractivity (Wildman–Crippen MR) is 69.1 cm³/mol. The minimum atomic E-state index is -0.00404. The normalized spacial score (nSPS) is 10.3. The zero-order valence-electron chi connectivity index (χ0n) is 10.1. The molecule has 0 spiro atoms. The topological polar surface area (TPSA) is 57.5 Å². The summed E-state index contributed by atoms with van der Waals surface area (Å²) in [7, 11) is 0. The molecule has 0 amide bonds. The third-order valence-corrected chi connectivity index (χ3v) is 2.89. The van der Waals surface area contributed by atoms with Gasteiger partial charge in [0.25, 0.3) is 0 Å². The van der Waals surface area contributed by atoms with E-state index in [2.05, 4.69) is 0 Å². The van der Waals surface area contributed by atoms with Crippen molar-refractivity contribution in [2.24, 2.45) is 0 Å². The maximum absolute atomic E-state index is 10.7. The van der Waals surface area contributed by atoms with Crippen LogP contribution in [0.5, 0.6) is 11.5 Å². The predicted octanol–water partition coefficient (Wildman–Crippen LogP) is 2.81. The molecule has 0 aliphatic carbocycles. The van der Waals surface area contributed by atoms with Gasteiger partial charge in [0.05, 0.1) is 5.56 Å². The van der Waals surface area contributed by atoms with Crippen molar-refractivity contribution in [1.29, 1.82) is 0 Å². The van der Waals surface area contributed by atoms with Gasteiger partial charge in [0.2, 0.25) is 0 Å². The number of phenols is 2.